The first-order valence-corrected chi connectivity index (χ1v) is 12.0. The van der Waals surface area contributed by atoms with Gasteiger partial charge in [0, 0.05) is 38.2 Å². The average molecular weight is 481 g/mol. The Morgan fingerprint density at radius 1 is 1.15 bits per heavy atom. The third-order valence-corrected chi connectivity index (χ3v) is 6.57. The van der Waals surface area contributed by atoms with Gasteiger partial charge in [-0.2, -0.15) is 0 Å². The van der Waals surface area contributed by atoms with Crippen molar-refractivity contribution in [3.05, 3.63) is 81.3 Å². The van der Waals surface area contributed by atoms with E-state index in [0.29, 0.717) is 36.8 Å². The zero-order valence-corrected chi connectivity index (χ0v) is 20.1. The summed E-state index contributed by atoms with van der Waals surface area (Å²) in [6.45, 7) is 2.46. The summed E-state index contributed by atoms with van der Waals surface area (Å²) in [6, 6.07) is 15.4. The van der Waals surface area contributed by atoms with Gasteiger partial charge in [-0.25, -0.2) is 4.98 Å². The van der Waals surface area contributed by atoms with E-state index in [1.165, 1.54) is 11.8 Å². The number of carbonyl (C=O) groups is 1. The summed E-state index contributed by atoms with van der Waals surface area (Å²) in [6.07, 6.45) is 0.686. The number of aromatic nitrogens is 2. The fraction of sp³-hybridized carbons (Fsp3) is 0.320. The molecule has 0 spiro atoms. The zero-order chi connectivity index (χ0) is 23.9. The molecule has 1 aromatic heterocycles. The predicted octanol–water partition coefficient (Wildman–Crippen LogP) is 2.75. The van der Waals surface area contributed by atoms with Crippen LogP contribution in [-0.4, -0.2) is 47.3 Å². The van der Waals surface area contributed by atoms with Crippen LogP contribution in [0.5, 0.6) is 11.5 Å². The molecule has 0 radical (unpaired) electrons. The van der Waals surface area contributed by atoms with Gasteiger partial charge in [-0.15, -0.1) is 0 Å². The van der Waals surface area contributed by atoms with Crippen LogP contribution < -0.4 is 20.3 Å². The third-order valence-electron chi connectivity index (χ3n) is 5.70. The van der Waals surface area contributed by atoms with Crippen LogP contribution in [0.4, 0.5) is 0 Å². The minimum atomic E-state index is -0.143. The lowest BCUT2D eigenvalue weighted by molar-refractivity contribution is -0.118. The fourth-order valence-electron chi connectivity index (χ4n) is 3.86. The first-order chi connectivity index (χ1) is 16.6. The van der Waals surface area contributed by atoms with Crippen molar-refractivity contribution >= 4 is 17.7 Å². The first-order valence-electron chi connectivity index (χ1n) is 11.0. The molecule has 9 heteroatoms. The number of fused-ring (bicyclic) bond motifs is 1. The number of amides is 1. The summed E-state index contributed by atoms with van der Waals surface area (Å²) in [5, 5.41) is 3.36. The van der Waals surface area contributed by atoms with Gasteiger partial charge in [0.25, 0.3) is 5.56 Å². The Morgan fingerprint density at radius 2 is 1.94 bits per heavy atom. The molecule has 2 N–H and O–H groups in total. The van der Waals surface area contributed by atoms with E-state index in [0.717, 1.165) is 34.9 Å². The van der Waals surface area contributed by atoms with E-state index in [-0.39, 0.29) is 17.2 Å². The number of hydrogen-bond acceptors (Lipinski definition) is 7. The third kappa shape index (κ3) is 5.98. The Hall–Kier alpha value is -3.30. The second-order valence-corrected chi connectivity index (χ2v) is 8.95. The van der Waals surface area contributed by atoms with Crippen LogP contribution >= 0.6 is 11.8 Å². The molecule has 0 atom stereocenters. The Balaban J connectivity index is 1.32. The highest BCUT2D eigenvalue weighted by Crippen LogP contribution is 2.23. The largest absolute Gasteiger partial charge is 0.497 e. The second-order valence-electron chi connectivity index (χ2n) is 7.98. The van der Waals surface area contributed by atoms with Crippen molar-refractivity contribution in [2.45, 2.75) is 31.2 Å². The number of rotatable bonds is 9. The number of benzene rings is 2. The van der Waals surface area contributed by atoms with Crippen LogP contribution in [0.15, 0.2) is 58.5 Å². The summed E-state index contributed by atoms with van der Waals surface area (Å²) in [7, 11) is 3.28. The predicted molar refractivity (Wildman–Crippen MR) is 131 cm³/mol. The highest BCUT2D eigenvalue weighted by Gasteiger charge is 2.22. The molecule has 0 bridgehead atoms. The van der Waals surface area contributed by atoms with Crippen LogP contribution in [0.25, 0.3) is 0 Å². The van der Waals surface area contributed by atoms with Crippen LogP contribution in [-0.2, 0) is 30.8 Å². The van der Waals surface area contributed by atoms with E-state index in [1.54, 1.807) is 14.2 Å². The summed E-state index contributed by atoms with van der Waals surface area (Å²) < 4.78 is 10.6. The van der Waals surface area contributed by atoms with Gasteiger partial charge in [0.15, 0.2) is 5.16 Å². The monoisotopic (exact) mass is 480 g/mol. The molecule has 1 amide bonds. The zero-order valence-electron chi connectivity index (χ0n) is 19.3. The normalized spacial score (nSPS) is 13.2. The minimum Gasteiger partial charge on any atom is -0.497 e. The average Bonchev–Trinajstić information content (AvgIpc) is 2.87. The van der Waals surface area contributed by atoms with E-state index < -0.39 is 0 Å². The van der Waals surface area contributed by atoms with Crippen molar-refractivity contribution in [3.63, 3.8) is 0 Å². The van der Waals surface area contributed by atoms with Crippen LogP contribution in [0.2, 0.25) is 0 Å². The SMILES string of the molecule is COc1ccc(CNC(=O)CSc2nc3c(c(=O)[nH]2)CN(Cc2ccccc2OC)CC3)cc1. The molecule has 178 valence electrons. The molecule has 34 heavy (non-hydrogen) atoms. The number of nitrogens with zero attached hydrogens (tertiary/aromatic N) is 2. The molecule has 1 aliphatic rings. The van der Waals surface area contributed by atoms with E-state index >= 15 is 0 Å². The van der Waals surface area contributed by atoms with E-state index in [1.807, 2.05) is 48.5 Å². The standard InChI is InChI=1S/C25H28N4O4S/c1-32-19-9-7-17(8-10-19)13-26-23(30)16-34-25-27-21-11-12-29(15-20(21)24(31)28-25)14-18-5-3-4-6-22(18)33-2/h3-10H,11-16H2,1-2H3,(H,26,30)(H,27,28,31). The molecular weight excluding hydrogens is 452 g/mol. The number of nitrogens with one attached hydrogen (secondary N) is 2. The summed E-state index contributed by atoms with van der Waals surface area (Å²) in [4.78, 5) is 34.7. The van der Waals surface area contributed by atoms with Crippen molar-refractivity contribution < 1.29 is 14.3 Å². The quantitative estimate of drug-likeness (QED) is 0.359. The number of methoxy groups -OCH3 is 2. The van der Waals surface area contributed by atoms with E-state index in [2.05, 4.69) is 20.2 Å². The van der Waals surface area contributed by atoms with Crippen LogP contribution in [0.3, 0.4) is 0 Å². The molecule has 3 aromatic rings. The molecule has 2 heterocycles. The van der Waals surface area contributed by atoms with Crippen LogP contribution in [0, 0.1) is 0 Å². The molecule has 0 aliphatic carbocycles. The minimum absolute atomic E-state index is 0.121. The summed E-state index contributed by atoms with van der Waals surface area (Å²) in [5.74, 6) is 1.68. The summed E-state index contributed by atoms with van der Waals surface area (Å²) >= 11 is 1.24. The maximum Gasteiger partial charge on any atom is 0.256 e. The molecule has 4 rings (SSSR count). The van der Waals surface area contributed by atoms with Gasteiger partial charge in [0.1, 0.15) is 11.5 Å². The lowest BCUT2D eigenvalue weighted by atomic mass is 10.1. The van der Waals surface area contributed by atoms with Crippen molar-refractivity contribution in [1.29, 1.82) is 0 Å². The van der Waals surface area contributed by atoms with Gasteiger partial charge in [-0.05, 0) is 23.8 Å². The van der Waals surface area contributed by atoms with Crippen molar-refractivity contribution in [2.75, 3.05) is 26.5 Å². The number of para-hydroxylation sites is 1. The number of thioether (sulfide) groups is 1. The lowest BCUT2D eigenvalue weighted by Crippen LogP contribution is -2.35. The van der Waals surface area contributed by atoms with Gasteiger partial charge in [-0.3, -0.25) is 14.5 Å². The molecule has 0 saturated carbocycles. The van der Waals surface area contributed by atoms with E-state index in [9.17, 15) is 9.59 Å². The van der Waals surface area contributed by atoms with E-state index in [4.69, 9.17) is 9.47 Å². The molecule has 2 aromatic carbocycles. The van der Waals surface area contributed by atoms with Gasteiger partial charge in [-0.1, -0.05) is 42.1 Å². The summed E-state index contributed by atoms with van der Waals surface area (Å²) in [5.41, 5.74) is 3.43. The topological polar surface area (TPSA) is 96.5 Å². The maximum absolute atomic E-state index is 12.7. The van der Waals surface area contributed by atoms with Crippen molar-refractivity contribution in [3.8, 4) is 11.5 Å². The van der Waals surface area contributed by atoms with Crippen LogP contribution in [0.1, 0.15) is 22.4 Å². The maximum atomic E-state index is 12.7. The Labute approximate surface area is 202 Å². The smallest absolute Gasteiger partial charge is 0.256 e. The van der Waals surface area contributed by atoms with Gasteiger partial charge >= 0.3 is 0 Å². The Morgan fingerprint density at radius 3 is 2.71 bits per heavy atom. The van der Waals surface area contributed by atoms with Gasteiger partial charge in [0.05, 0.1) is 31.2 Å². The number of hydrogen-bond donors (Lipinski definition) is 2. The molecule has 1 aliphatic heterocycles. The molecule has 0 saturated heterocycles. The number of carbonyl (C=O) groups excluding carboxylic acids is 1. The van der Waals surface area contributed by atoms with Crippen molar-refractivity contribution in [2.24, 2.45) is 0 Å². The second kappa shape index (κ2) is 11.2. The Bertz CT molecular complexity index is 1200. The number of H-pyrrole nitrogens is 1. The molecular formula is C25H28N4O4S. The highest BCUT2D eigenvalue weighted by molar-refractivity contribution is 7.99. The number of ether oxygens (including phenoxy) is 2. The fourth-order valence-corrected chi connectivity index (χ4v) is 4.57. The van der Waals surface area contributed by atoms with Crippen molar-refractivity contribution in [1.82, 2.24) is 20.2 Å². The number of aromatic amines is 1. The van der Waals surface area contributed by atoms with Gasteiger partial charge < -0.3 is 19.8 Å². The molecule has 0 fully saturated rings. The van der Waals surface area contributed by atoms with Gasteiger partial charge in [0.2, 0.25) is 5.91 Å². The lowest BCUT2D eigenvalue weighted by Gasteiger charge is -2.28. The molecule has 0 unspecified atom stereocenters. The first kappa shape index (κ1) is 23.8. The molecule has 8 nitrogen and oxygen atoms in total. The Kier molecular flexibility index (Phi) is 7.87. The highest BCUT2D eigenvalue weighted by atomic mass is 32.2.